The molecule has 0 aliphatic carbocycles. The summed E-state index contributed by atoms with van der Waals surface area (Å²) in [6.07, 6.45) is 0. The number of benzene rings is 2. The third-order valence-corrected chi connectivity index (χ3v) is 3.98. The van der Waals surface area contributed by atoms with Gasteiger partial charge in [-0.3, -0.25) is 0 Å². The summed E-state index contributed by atoms with van der Waals surface area (Å²) in [5, 5.41) is 0.775. The number of nitrogen functional groups attached to an aromatic ring is 1. The van der Waals surface area contributed by atoms with E-state index in [2.05, 4.69) is 0 Å². The fraction of sp³-hybridized carbons (Fsp3) is 0.143. The second-order valence-corrected chi connectivity index (χ2v) is 5.32. The van der Waals surface area contributed by atoms with Gasteiger partial charge in [0.2, 0.25) is 0 Å². The maximum Gasteiger partial charge on any atom is 0.125 e. The van der Waals surface area contributed by atoms with Gasteiger partial charge in [0.1, 0.15) is 5.82 Å². The van der Waals surface area contributed by atoms with Crippen molar-refractivity contribution in [3.63, 3.8) is 0 Å². The first-order chi connectivity index (χ1) is 8.66. The summed E-state index contributed by atoms with van der Waals surface area (Å²) >= 11 is 7.78. The first kappa shape index (κ1) is 13.2. The summed E-state index contributed by atoms with van der Waals surface area (Å²) in [4.78, 5) is 0. The molecular formula is C14H13ClFNS. The molecule has 0 aromatic heterocycles. The van der Waals surface area contributed by atoms with Gasteiger partial charge in [-0.05, 0) is 29.3 Å². The molecule has 0 bridgehead atoms. The van der Waals surface area contributed by atoms with E-state index >= 15 is 0 Å². The largest absolute Gasteiger partial charge is 0.398 e. The van der Waals surface area contributed by atoms with Crippen LogP contribution in [0.2, 0.25) is 5.02 Å². The highest BCUT2D eigenvalue weighted by Crippen LogP contribution is 2.25. The second-order valence-electron chi connectivity index (χ2n) is 3.93. The number of nitrogens with two attached hydrogens (primary N) is 1. The third-order valence-electron chi connectivity index (χ3n) is 2.58. The maximum absolute atomic E-state index is 12.9. The van der Waals surface area contributed by atoms with Crippen LogP contribution in [0.1, 0.15) is 11.1 Å². The maximum atomic E-state index is 12.9. The zero-order valence-electron chi connectivity index (χ0n) is 9.70. The summed E-state index contributed by atoms with van der Waals surface area (Å²) in [6, 6.07) is 12.3. The molecule has 0 fully saturated rings. The van der Waals surface area contributed by atoms with Crippen molar-refractivity contribution in [2.75, 3.05) is 5.73 Å². The van der Waals surface area contributed by atoms with Crippen molar-refractivity contribution in [1.29, 1.82) is 0 Å². The van der Waals surface area contributed by atoms with Crippen LogP contribution in [0.3, 0.4) is 0 Å². The standard InChI is InChI=1S/C14H13ClFNS/c15-13-4-2-1-3-10(13)8-18-9-11-5-6-12(16)7-14(11)17/h1-7H,8-9,17H2. The van der Waals surface area contributed by atoms with Crippen LogP contribution in [0, 0.1) is 5.82 Å². The molecule has 0 unspecified atom stereocenters. The minimum Gasteiger partial charge on any atom is -0.398 e. The van der Waals surface area contributed by atoms with Gasteiger partial charge in [-0.1, -0.05) is 35.9 Å². The molecule has 0 aliphatic heterocycles. The first-order valence-electron chi connectivity index (χ1n) is 5.52. The van der Waals surface area contributed by atoms with Gasteiger partial charge in [-0.2, -0.15) is 11.8 Å². The Kier molecular flexibility index (Phi) is 4.50. The quantitative estimate of drug-likeness (QED) is 0.836. The molecule has 2 rings (SSSR count). The fourth-order valence-corrected chi connectivity index (χ4v) is 2.92. The minimum atomic E-state index is -0.299. The van der Waals surface area contributed by atoms with Crippen LogP contribution in [0.4, 0.5) is 10.1 Å². The average molecular weight is 282 g/mol. The highest BCUT2D eigenvalue weighted by molar-refractivity contribution is 7.97. The predicted molar refractivity (Wildman–Crippen MR) is 77.3 cm³/mol. The third kappa shape index (κ3) is 3.40. The molecule has 18 heavy (non-hydrogen) atoms. The summed E-state index contributed by atoms with van der Waals surface area (Å²) in [5.74, 6) is 1.26. The van der Waals surface area contributed by atoms with Crippen LogP contribution in [0.15, 0.2) is 42.5 Å². The monoisotopic (exact) mass is 281 g/mol. The molecule has 0 heterocycles. The molecule has 0 radical (unpaired) electrons. The number of hydrogen-bond acceptors (Lipinski definition) is 2. The lowest BCUT2D eigenvalue weighted by Gasteiger charge is -2.06. The number of anilines is 1. The van der Waals surface area contributed by atoms with Gasteiger partial charge in [-0.25, -0.2) is 4.39 Å². The smallest absolute Gasteiger partial charge is 0.125 e. The molecule has 0 atom stereocenters. The zero-order valence-corrected chi connectivity index (χ0v) is 11.3. The Hall–Kier alpha value is -1.19. The lowest BCUT2D eigenvalue weighted by Crippen LogP contribution is -1.94. The van der Waals surface area contributed by atoms with Crippen LogP contribution in [0.25, 0.3) is 0 Å². The van der Waals surface area contributed by atoms with Crippen molar-refractivity contribution >= 4 is 29.1 Å². The zero-order chi connectivity index (χ0) is 13.0. The molecule has 0 saturated carbocycles. The molecule has 0 aliphatic rings. The fourth-order valence-electron chi connectivity index (χ4n) is 1.58. The molecule has 94 valence electrons. The minimum absolute atomic E-state index is 0.299. The Morgan fingerprint density at radius 1 is 1.06 bits per heavy atom. The predicted octanol–water partition coefficient (Wildman–Crippen LogP) is 4.49. The highest BCUT2D eigenvalue weighted by atomic mass is 35.5. The van der Waals surface area contributed by atoms with Gasteiger partial charge in [0, 0.05) is 22.2 Å². The Morgan fingerprint density at radius 3 is 2.50 bits per heavy atom. The Morgan fingerprint density at radius 2 is 1.78 bits per heavy atom. The average Bonchev–Trinajstić information content (AvgIpc) is 2.34. The van der Waals surface area contributed by atoms with Gasteiger partial charge in [0.05, 0.1) is 0 Å². The summed E-state index contributed by atoms with van der Waals surface area (Å²) in [6.45, 7) is 0. The SMILES string of the molecule is Nc1cc(F)ccc1CSCc1ccccc1Cl. The molecule has 0 amide bonds. The molecule has 0 saturated heterocycles. The van der Waals surface area contributed by atoms with Crippen molar-refractivity contribution in [2.24, 2.45) is 0 Å². The Bertz CT molecular complexity index is 545. The van der Waals surface area contributed by atoms with Crippen molar-refractivity contribution in [3.8, 4) is 0 Å². The lowest BCUT2D eigenvalue weighted by molar-refractivity contribution is 0.628. The molecule has 1 nitrogen and oxygen atoms in total. The van der Waals surface area contributed by atoms with Crippen LogP contribution >= 0.6 is 23.4 Å². The molecule has 2 N–H and O–H groups in total. The van der Waals surface area contributed by atoms with E-state index in [1.54, 1.807) is 17.8 Å². The van der Waals surface area contributed by atoms with E-state index in [0.29, 0.717) is 5.69 Å². The molecular weight excluding hydrogens is 269 g/mol. The Balaban J connectivity index is 1.95. The number of halogens is 2. The van der Waals surface area contributed by atoms with E-state index in [1.165, 1.54) is 12.1 Å². The molecule has 0 spiro atoms. The lowest BCUT2D eigenvalue weighted by atomic mass is 10.2. The molecule has 2 aromatic rings. The summed E-state index contributed by atoms with van der Waals surface area (Å²) < 4.78 is 12.9. The normalized spacial score (nSPS) is 10.6. The van der Waals surface area contributed by atoms with E-state index in [-0.39, 0.29) is 5.82 Å². The Labute approximate surface area is 115 Å². The highest BCUT2D eigenvalue weighted by Gasteiger charge is 2.03. The first-order valence-corrected chi connectivity index (χ1v) is 7.05. The van der Waals surface area contributed by atoms with E-state index < -0.39 is 0 Å². The summed E-state index contributed by atoms with van der Waals surface area (Å²) in [5.41, 5.74) is 8.31. The van der Waals surface area contributed by atoms with Gasteiger partial charge >= 0.3 is 0 Å². The van der Waals surface area contributed by atoms with E-state index in [4.69, 9.17) is 17.3 Å². The summed E-state index contributed by atoms with van der Waals surface area (Å²) in [7, 11) is 0. The van der Waals surface area contributed by atoms with Crippen LogP contribution < -0.4 is 5.73 Å². The number of thioether (sulfide) groups is 1. The van der Waals surface area contributed by atoms with Crippen LogP contribution in [-0.2, 0) is 11.5 Å². The van der Waals surface area contributed by atoms with Crippen LogP contribution in [0.5, 0.6) is 0 Å². The van der Waals surface area contributed by atoms with Crippen molar-refractivity contribution < 1.29 is 4.39 Å². The molecule has 4 heteroatoms. The van der Waals surface area contributed by atoms with Crippen molar-refractivity contribution in [1.82, 2.24) is 0 Å². The van der Waals surface area contributed by atoms with E-state index in [0.717, 1.165) is 27.7 Å². The van der Waals surface area contributed by atoms with Crippen molar-refractivity contribution in [3.05, 3.63) is 64.4 Å². The van der Waals surface area contributed by atoms with Gasteiger partial charge in [0.25, 0.3) is 0 Å². The molecule has 2 aromatic carbocycles. The van der Waals surface area contributed by atoms with Crippen molar-refractivity contribution in [2.45, 2.75) is 11.5 Å². The van der Waals surface area contributed by atoms with E-state index in [9.17, 15) is 4.39 Å². The second kappa shape index (κ2) is 6.12. The van der Waals surface area contributed by atoms with E-state index in [1.807, 2.05) is 24.3 Å². The van der Waals surface area contributed by atoms with Gasteiger partial charge < -0.3 is 5.73 Å². The van der Waals surface area contributed by atoms with Gasteiger partial charge in [-0.15, -0.1) is 0 Å². The van der Waals surface area contributed by atoms with Crippen LogP contribution in [-0.4, -0.2) is 0 Å². The number of hydrogen-bond donors (Lipinski definition) is 1. The number of rotatable bonds is 4. The van der Waals surface area contributed by atoms with Gasteiger partial charge in [0.15, 0.2) is 0 Å². The topological polar surface area (TPSA) is 26.0 Å².